The van der Waals surface area contributed by atoms with Crippen molar-refractivity contribution in [3.8, 4) is 0 Å². The third kappa shape index (κ3) is 4.00. The van der Waals surface area contributed by atoms with E-state index in [9.17, 15) is 14.0 Å². The predicted molar refractivity (Wildman–Crippen MR) is 88.3 cm³/mol. The average Bonchev–Trinajstić information content (AvgIpc) is 3.09. The second-order valence-corrected chi connectivity index (χ2v) is 5.91. The lowest BCUT2D eigenvalue weighted by molar-refractivity contribution is 0.0782. The molecular formula is C18H18FN3O3. The number of hydrogen-bond donors (Lipinski definition) is 2. The van der Waals surface area contributed by atoms with Crippen LogP contribution in [0.5, 0.6) is 0 Å². The van der Waals surface area contributed by atoms with Crippen LogP contribution in [0.2, 0.25) is 0 Å². The van der Waals surface area contributed by atoms with Crippen LogP contribution < -0.4 is 5.32 Å². The van der Waals surface area contributed by atoms with Crippen LogP contribution in [0, 0.1) is 5.82 Å². The quantitative estimate of drug-likeness (QED) is 0.878. The molecule has 25 heavy (non-hydrogen) atoms. The second kappa shape index (κ2) is 7.40. The Balaban J connectivity index is 1.61. The van der Waals surface area contributed by atoms with Crippen LogP contribution in [0.3, 0.4) is 0 Å². The lowest BCUT2D eigenvalue weighted by Gasteiger charge is -2.17. The molecule has 0 aliphatic carbocycles. The van der Waals surface area contributed by atoms with Crippen LogP contribution >= 0.6 is 0 Å². The fraction of sp³-hybridized carbons (Fsp3) is 0.278. The van der Waals surface area contributed by atoms with Gasteiger partial charge in [-0.15, -0.1) is 0 Å². The van der Waals surface area contributed by atoms with Crippen molar-refractivity contribution in [2.45, 2.75) is 19.1 Å². The van der Waals surface area contributed by atoms with E-state index in [0.717, 1.165) is 0 Å². The standard InChI is InChI=1S/C18H18FN3O3/c19-14-3-1-2-13(8-14)18(25)22-7-5-15(10-22)21-17(24)12-4-6-20-16(9-12)11-23/h1-4,6,8-9,15,23H,5,7,10-11H2,(H,21,24). The van der Waals surface area contributed by atoms with E-state index in [2.05, 4.69) is 10.3 Å². The summed E-state index contributed by atoms with van der Waals surface area (Å²) >= 11 is 0. The largest absolute Gasteiger partial charge is 0.390 e. The molecular weight excluding hydrogens is 325 g/mol. The van der Waals surface area contributed by atoms with Gasteiger partial charge in [-0.05, 0) is 36.8 Å². The Morgan fingerprint density at radius 2 is 2.12 bits per heavy atom. The van der Waals surface area contributed by atoms with Crippen molar-refractivity contribution in [1.82, 2.24) is 15.2 Å². The van der Waals surface area contributed by atoms with Crippen LogP contribution in [-0.2, 0) is 6.61 Å². The maximum atomic E-state index is 13.3. The van der Waals surface area contributed by atoms with Crippen molar-refractivity contribution in [3.63, 3.8) is 0 Å². The molecule has 1 fully saturated rings. The van der Waals surface area contributed by atoms with Crippen LogP contribution in [-0.4, -0.2) is 45.9 Å². The Bertz CT molecular complexity index is 797. The van der Waals surface area contributed by atoms with E-state index in [1.807, 2.05) is 0 Å². The fourth-order valence-electron chi connectivity index (χ4n) is 2.84. The predicted octanol–water partition coefficient (Wildman–Crippen LogP) is 1.36. The highest BCUT2D eigenvalue weighted by atomic mass is 19.1. The summed E-state index contributed by atoms with van der Waals surface area (Å²) in [5.41, 5.74) is 1.13. The average molecular weight is 343 g/mol. The van der Waals surface area contributed by atoms with Crippen LogP contribution in [0.1, 0.15) is 32.8 Å². The number of aromatic nitrogens is 1. The number of hydrogen-bond acceptors (Lipinski definition) is 4. The van der Waals surface area contributed by atoms with Gasteiger partial charge in [0.1, 0.15) is 5.82 Å². The molecule has 3 rings (SSSR count). The second-order valence-electron chi connectivity index (χ2n) is 5.91. The number of carbonyl (C=O) groups is 2. The van der Waals surface area contributed by atoms with Gasteiger partial charge < -0.3 is 15.3 Å². The Kier molecular flexibility index (Phi) is 5.04. The number of rotatable bonds is 4. The number of halogens is 1. The van der Waals surface area contributed by atoms with Crippen molar-refractivity contribution in [2.75, 3.05) is 13.1 Å². The van der Waals surface area contributed by atoms with E-state index < -0.39 is 5.82 Å². The molecule has 2 N–H and O–H groups in total. The van der Waals surface area contributed by atoms with Crippen LogP contribution in [0.25, 0.3) is 0 Å². The molecule has 1 aromatic carbocycles. The van der Waals surface area contributed by atoms with Gasteiger partial charge in [0.15, 0.2) is 0 Å². The summed E-state index contributed by atoms with van der Waals surface area (Å²) in [7, 11) is 0. The van der Waals surface area contributed by atoms with Crippen molar-refractivity contribution < 1.29 is 19.1 Å². The fourth-order valence-corrected chi connectivity index (χ4v) is 2.84. The Morgan fingerprint density at radius 1 is 1.28 bits per heavy atom. The van der Waals surface area contributed by atoms with Gasteiger partial charge in [0, 0.05) is 36.5 Å². The highest BCUT2D eigenvalue weighted by Crippen LogP contribution is 2.15. The van der Waals surface area contributed by atoms with E-state index in [-0.39, 0.29) is 24.5 Å². The van der Waals surface area contributed by atoms with Gasteiger partial charge in [-0.25, -0.2) is 4.39 Å². The van der Waals surface area contributed by atoms with Gasteiger partial charge >= 0.3 is 0 Å². The zero-order chi connectivity index (χ0) is 17.8. The molecule has 0 radical (unpaired) electrons. The van der Waals surface area contributed by atoms with Gasteiger partial charge in [-0.2, -0.15) is 0 Å². The first-order chi connectivity index (χ1) is 12.1. The zero-order valence-electron chi connectivity index (χ0n) is 13.5. The Hall–Kier alpha value is -2.80. The van der Waals surface area contributed by atoms with E-state index in [1.165, 1.54) is 30.5 Å². The molecule has 2 aromatic rings. The van der Waals surface area contributed by atoms with E-state index in [1.54, 1.807) is 17.0 Å². The first kappa shape index (κ1) is 17.0. The molecule has 130 valence electrons. The van der Waals surface area contributed by atoms with E-state index in [4.69, 9.17) is 5.11 Å². The number of likely N-dealkylation sites (tertiary alicyclic amines) is 1. The Labute approximate surface area is 144 Å². The van der Waals surface area contributed by atoms with Gasteiger partial charge in [-0.1, -0.05) is 6.07 Å². The van der Waals surface area contributed by atoms with E-state index in [0.29, 0.717) is 36.3 Å². The van der Waals surface area contributed by atoms with Crippen LogP contribution in [0.4, 0.5) is 4.39 Å². The number of aliphatic hydroxyl groups is 1. The lowest BCUT2D eigenvalue weighted by atomic mass is 10.2. The number of nitrogens with zero attached hydrogens (tertiary/aromatic N) is 2. The number of benzene rings is 1. The summed E-state index contributed by atoms with van der Waals surface area (Å²) in [5.74, 6) is -0.975. The zero-order valence-corrected chi connectivity index (χ0v) is 13.5. The molecule has 2 heterocycles. The SMILES string of the molecule is O=C(NC1CCN(C(=O)c2cccc(F)c2)C1)c1ccnc(CO)c1. The molecule has 6 nitrogen and oxygen atoms in total. The summed E-state index contributed by atoms with van der Waals surface area (Å²) in [6.45, 7) is 0.637. The van der Waals surface area contributed by atoms with Gasteiger partial charge in [0.05, 0.1) is 12.3 Å². The minimum atomic E-state index is -0.452. The van der Waals surface area contributed by atoms with Gasteiger partial charge in [0.2, 0.25) is 0 Å². The molecule has 0 saturated carbocycles. The Morgan fingerprint density at radius 3 is 2.88 bits per heavy atom. The number of nitrogens with one attached hydrogen (secondary N) is 1. The summed E-state index contributed by atoms with van der Waals surface area (Å²) in [6.07, 6.45) is 2.10. The van der Waals surface area contributed by atoms with Gasteiger partial charge in [0.25, 0.3) is 11.8 Å². The maximum absolute atomic E-state index is 13.3. The number of carbonyl (C=O) groups excluding carboxylic acids is 2. The van der Waals surface area contributed by atoms with Gasteiger partial charge in [-0.3, -0.25) is 14.6 Å². The number of aliphatic hydroxyl groups excluding tert-OH is 1. The molecule has 1 aliphatic rings. The van der Waals surface area contributed by atoms with Crippen LogP contribution in [0.15, 0.2) is 42.6 Å². The minimum absolute atomic E-state index is 0.171. The summed E-state index contributed by atoms with van der Waals surface area (Å²) in [5, 5.41) is 12.0. The van der Waals surface area contributed by atoms with Crippen molar-refractivity contribution in [2.24, 2.45) is 0 Å². The molecule has 2 amide bonds. The van der Waals surface area contributed by atoms with Crippen molar-refractivity contribution >= 4 is 11.8 Å². The molecule has 7 heteroatoms. The third-order valence-corrected chi connectivity index (χ3v) is 4.12. The number of amides is 2. The maximum Gasteiger partial charge on any atom is 0.254 e. The normalized spacial score (nSPS) is 16.7. The summed E-state index contributed by atoms with van der Waals surface area (Å²) in [4.78, 5) is 30.2. The number of pyridine rings is 1. The molecule has 0 bridgehead atoms. The molecule has 1 aromatic heterocycles. The summed E-state index contributed by atoms with van der Waals surface area (Å²) < 4.78 is 13.3. The lowest BCUT2D eigenvalue weighted by Crippen LogP contribution is -2.38. The highest BCUT2D eigenvalue weighted by molar-refractivity contribution is 5.95. The minimum Gasteiger partial charge on any atom is -0.390 e. The van der Waals surface area contributed by atoms with E-state index >= 15 is 0 Å². The smallest absolute Gasteiger partial charge is 0.254 e. The highest BCUT2D eigenvalue weighted by Gasteiger charge is 2.28. The van der Waals surface area contributed by atoms with Crippen molar-refractivity contribution in [1.29, 1.82) is 0 Å². The first-order valence-corrected chi connectivity index (χ1v) is 7.98. The topological polar surface area (TPSA) is 82.5 Å². The molecule has 1 aliphatic heterocycles. The molecule has 1 atom stereocenters. The molecule has 1 saturated heterocycles. The monoisotopic (exact) mass is 343 g/mol. The first-order valence-electron chi connectivity index (χ1n) is 7.98. The molecule has 1 unspecified atom stereocenters. The third-order valence-electron chi connectivity index (χ3n) is 4.12. The van der Waals surface area contributed by atoms with Crippen molar-refractivity contribution in [3.05, 3.63) is 65.2 Å². The summed E-state index contributed by atoms with van der Waals surface area (Å²) in [6, 6.07) is 8.50. The molecule has 0 spiro atoms.